The molecule has 5 heteroatoms. The third kappa shape index (κ3) is 3.90. The molecule has 0 bridgehead atoms. The standard InChI is InChI=1S/C18H28N4O/c1-14(2)16-5-4-6-17(19-16)18(23)22-12-15(13-22)11-21-9-7-20(3)8-10-21/h4-6,14-15H,7-13H2,1-3H3. The first-order valence-electron chi connectivity index (χ1n) is 8.70. The van der Waals surface area contributed by atoms with Gasteiger partial charge in [0, 0.05) is 57.4 Å². The van der Waals surface area contributed by atoms with Crippen LogP contribution in [0.2, 0.25) is 0 Å². The topological polar surface area (TPSA) is 39.7 Å². The number of likely N-dealkylation sites (tertiary alicyclic amines) is 1. The SMILES string of the molecule is CC(C)c1cccc(C(=O)N2CC(CN3CCN(C)CC3)C2)n1. The number of rotatable bonds is 4. The molecule has 3 heterocycles. The molecular weight excluding hydrogens is 288 g/mol. The van der Waals surface area contributed by atoms with Crippen molar-refractivity contribution in [3.05, 3.63) is 29.6 Å². The van der Waals surface area contributed by atoms with Crippen molar-refractivity contribution in [1.29, 1.82) is 0 Å². The average Bonchev–Trinajstić information content (AvgIpc) is 2.51. The highest BCUT2D eigenvalue weighted by molar-refractivity contribution is 5.92. The number of amides is 1. The highest BCUT2D eigenvalue weighted by Crippen LogP contribution is 2.20. The number of aromatic nitrogens is 1. The predicted molar refractivity (Wildman–Crippen MR) is 91.7 cm³/mol. The van der Waals surface area contributed by atoms with Crippen molar-refractivity contribution in [2.45, 2.75) is 19.8 Å². The lowest BCUT2D eigenvalue weighted by Gasteiger charge is -2.43. The Bertz CT molecular complexity index is 546. The van der Waals surface area contributed by atoms with Gasteiger partial charge in [-0.05, 0) is 25.1 Å². The van der Waals surface area contributed by atoms with Gasteiger partial charge in [-0.25, -0.2) is 4.98 Å². The lowest BCUT2D eigenvalue weighted by molar-refractivity contribution is 0.0353. The fraction of sp³-hybridized carbons (Fsp3) is 0.667. The molecule has 0 atom stereocenters. The second-order valence-electron chi connectivity index (χ2n) is 7.28. The number of hydrogen-bond donors (Lipinski definition) is 0. The molecule has 2 fully saturated rings. The summed E-state index contributed by atoms with van der Waals surface area (Å²) in [5, 5.41) is 0. The Hall–Kier alpha value is -1.46. The van der Waals surface area contributed by atoms with Crippen LogP contribution in [0.15, 0.2) is 18.2 Å². The fourth-order valence-corrected chi connectivity index (χ4v) is 3.30. The van der Waals surface area contributed by atoms with Crippen LogP contribution in [-0.2, 0) is 0 Å². The number of hydrogen-bond acceptors (Lipinski definition) is 4. The van der Waals surface area contributed by atoms with Crippen molar-refractivity contribution in [2.75, 3.05) is 52.9 Å². The summed E-state index contributed by atoms with van der Waals surface area (Å²) >= 11 is 0. The third-order valence-corrected chi connectivity index (χ3v) is 4.94. The zero-order chi connectivity index (χ0) is 16.4. The van der Waals surface area contributed by atoms with Gasteiger partial charge in [0.25, 0.3) is 5.91 Å². The smallest absolute Gasteiger partial charge is 0.272 e. The molecule has 1 amide bonds. The molecule has 1 aromatic rings. The van der Waals surface area contributed by atoms with E-state index in [1.807, 2.05) is 23.1 Å². The second-order valence-corrected chi connectivity index (χ2v) is 7.28. The summed E-state index contributed by atoms with van der Waals surface area (Å²) in [5.41, 5.74) is 1.58. The van der Waals surface area contributed by atoms with E-state index in [-0.39, 0.29) is 5.91 Å². The van der Waals surface area contributed by atoms with Gasteiger partial charge in [0.1, 0.15) is 5.69 Å². The van der Waals surface area contributed by atoms with Crippen molar-refractivity contribution in [3.8, 4) is 0 Å². The summed E-state index contributed by atoms with van der Waals surface area (Å²) in [6, 6.07) is 5.77. The molecule has 0 radical (unpaired) electrons. The van der Waals surface area contributed by atoms with Crippen molar-refractivity contribution in [1.82, 2.24) is 19.7 Å². The van der Waals surface area contributed by atoms with Crippen LogP contribution in [0.4, 0.5) is 0 Å². The highest BCUT2D eigenvalue weighted by Gasteiger charge is 2.33. The average molecular weight is 316 g/mol. The van der Waals surface area contributed by atoms with E-state index in [1.165, 1.54) is 0 Å². The van der Waals surface area contributed by atoms with Gasteiger partial charge in [-0.1, -0.05) is 19.9 Å². The van der Waals surface area contributed by atoms with Crippen LogP contribution < -0.4 is 0 Å². The van der Waals surface area contributed by atoms with Crippen molar-refractivity contribution < 1.29 is 4.79 Å². The number of likely N-dealkylation sites (N-methyl/N-ethyl adjacent to an activating group) is 1. The van der Waals surface area contributed by atoms with E-state index in [0.717, 1.165) is 51.5 Å². The molecule has 0 N–H and O–H groups in total. The molecule has 0 unspecified atom stereocenters. The molecule has 2 saturated heterocycles. The fourth-order valence-electron chi connectivity index (χ4n) is 3.30. The first-order chi connectivity index (χ1) is 11.0. The van der Waals surface area contributed by atoms with Gasteiger partial charge in [0.2, 0.25) is 0 Å². The molecule has 2 aliphatic heterocycles. The van der Waals surface area contributed by atoms with Crippen LogP contribution in [0.3, 0.4) is 0 Å². The highest BCUT2D eigenvalue weighted by atomic mass is 16.2. The summed E-state index contributed by atoms with van der Waals surface area (Å²) in [6.45, 7) is 11.7. The van der Waals surface area contributed by atoms with E-state index in [2.05, 4.69) is 35.7 Å². The molecule has 0 aromatic carbocycles. The number of nitrogens with zero attached hydrogens (tertiary/aromatic N) is 4. The van der Waals surface area contributed by atoms with Crippen LogP contribution in [0.5, 0.6) is 0 Å². The molecule has 5 nitrogen and oxygen atoms in total. The Labute approximate surface area is 139 Å². The van der Waals surface area contributed by atoms with Crippen LogP contribution in [0.1, 0.15) is 35.9 Å². The summed E-state index contributed by atoms with van der Waals surface area (Å²) in [7, 11) is 2.18. The number of pyridine rings is 1. The van der Waals surface area contributed by atoms with Gasteiger partial charge in [0.05, 0.1) is 0 Å². The molecule has 23 heavy (non-hydrogen) atoms. The Morgan fingerprint density at radius 2 is 1.91 bits per heavy atom. The van der Waals surface area contributed by atoms with Gasteiger partial charge in [-0.2, -0.15) is 0 Å². The summed E-state index contributed by atoms with van der Waals surface area (Å²) < 4.78 is 0. The maximum absolute atomic E-state index is 12.5. The quantitative estimate of drug-likeness (QED) is 0.844. The van der Waals surface area contributed by atoms with E-state index in [0.29, 0.717) is 17.5 Å². The van der Waals surface area contributed by atoms with Crippen LogP contribution in [0, 0.1) is 5.92 Å². The van der Waals surface area contributed by atoms with Crippen molar-refractivity contribution >= 4 is 5.91 Å². The largest absolute Gasteiger partial charge is 0.337 e. The van der Waals surface area contributed by atoms with Gasteiger partial charge in [0.15, 0.2) is 0 Å². The predicted octanol–water partition coefficient (Wildman–Crippen LogP) is 1.52. The maximum Gasteiger partial charge on any atom is 0.272 e. The minimum absolute atomic E-state index is 0.0853. The Morgan fingerprint density at radius 3 is 2.57 bits per heavy atom. The van der Waals surface area contributed by atoms with E-state index in [9.17, 15) is 4.79 Å². The van der Waals surface area contributed by atoms with E-state index in [1.54, 1.807) is 0 Å². The van der Waals surface area contributed by atoms with Crippen LogP contribution in [0.25, 0.3) is 0 Å². The zero-order valence-corrected chi connectivity index (χ0v) is 14.5. The van der Waals surface area contributed by atoms with E-state index < -0.39 is 0 Å². The number of carbonyl (C=O) groups excluding carboxylic acids is 1. The molecule has 126 valence electrons. The lowest BCUT2D eigenvalue weighted by Crippen LogP contribution is -2.56. The molecule has 0 spiro atoms. The van der Waals surface area contributed by atoms with Gasteiger partial charge in [-0.3, -0.25) is 4.79 Å². The first-order valence-corrected chi connectivity index (χ1v) is 8.70. The van der Waals surface area contributed by atoms with Gasteiger partial charge in [-0.15, -0.1) is 0 Å². The zero-order valence-electron chi connectivity index (χ0n) is 14.5. The monoisotopic (exact) mass is 316 g/mol. The van der Waals surface area contributed by atoms with Crippen LogP contribution in [-0.4, -0.2) is 78.5 Å². The van der Waals surface area contributed by atoms with Crippen molar-refractivity contribution in [3.63, 3.8) is 0 Å². The summed E-state index contributed by atoms with van der Waals surface area (Å²) in [4.78, 5) is 23.9. The van der Waals surface area contributed by atoms with Crippen molar-refractivity contribution in [2.24, 2.45) is 5.92 Å². The van der Waals surface area contributed by atoms with E-state index in [4.69, 9.17) is 0 Å². The Morgan fingerprint density at radius 1 is 1.22 bits per heavy atom. The Kier molecular flexibility index (Phi) is 4.97. The molecule has 2 aliphatic rings. The summed E-state index contributed by atoms with van der Waals surface area (Å²) in [6.07, 6.45) is 0. The van der Waals surface area contributed by atoms with Crippen LogP contribution >= 0.6 is 0 Å². The summed E-state index contributed by atoms with van der Waals surface area (Å²) in [5.74, 6) is 1.06. The number of piperazine rings is 1. The second kappa shape index (κ2) is 6.97. The third-order valence-electron chi connectivity index (χ3n) is 4.94. The maximum atomic E-state index is 12.5. The lowest BCUT2D eigenvalue weighted by atomic mass is 9.98. The Balaban J connectivity index is 1.49. The molecule has 0 aliphatic carbocycles. The van der Waals surface area contributed by atoms with Gasteiger partial charge >= 0.3 is 0 Å². The molecule has 3 rings (SSSR count). The number of carbonyl (C=O) groups is 1. The minimum atomic E-state index is 0.0853. The van der Waals surface area contributed by atoms with Gasteiger partial charge < -0.3 is 14.7 Å². The molecule has 1 aromatic heterocycles. The van der Waals surface area contributed by atoms with E-state index >= 15 is 0 Å². The minimum Gasteiger partial charge on any atom is -0.337 e. The normalized spacial score (nSPS) is 20.8. The molecule has 0 saturated carbocycles. The molecular formula is C18H28N4O. The first kappa shape index (κ1) is 16.4.